The van der Waals surface area contributed by atoms with E-state index in [0.29, 0.717) is 0 Å². The van der Waals surface area contributed by atoms with Gasteiger partial charge in [0, 0.05) is 5.75 Å². The van der Waals surface area contributed by atoms with Gasteiger partial charge in [-0.3, -0.25) is 0 Å². The van der Waals surface area contributed by atoms with Gasteiger partial charge in [0.1, 0.15) is 17.6 Å². The average molecular weight is 166 g/mol. The molecule has 0 aromatic rings. The summed E-state index contributed by atoms with van der Waals surface area (Å²) in [6.07, 6.45) is -3.37. The smallest absolute Gasteiger partial charge is 0.128 e. The standard InChI is InChI=1S/C5H10O4S/c6-2-1-10-5(9)4(8)3(2)7/h2-9H,1H2/t2-,3-,4+,5-/m1/s1. The van der Waals surface area contributed by atoms with Gasteiger partial charge >= 0.3 is 0 Å². The summed E-state index contributed by atoms with van der Waals surface area (Å²) in [5, 5.41) is 35.7. The lowest BCUT2D eigenvalue weighted by molar-refractivity contribution is -0.0834. The molecule has 4 nitrogen and oxygen atoms in total. The molecular formula is C5H10O4S. The van der Waals surface area contributed by atoms with Gasteiger partial charge in [-0.1, -0.05) is 0 Å². The summed E-state index contributed by atoms with van der Waals surface area (Å²) in [5.41, 5.74) is -0.974. The van der Waals surface area contributed by atoms with Gasteiger partial charge in [-0.05, 0) is 0 Å². The third-order valence-electron chi connectivity index (χ3n) is 1.47. The van der Waals surface area contributed by atoms with Crippen molar-refractivity contribution in [2.24, 2.45) is 0 Å². The topological polar surface area (TPSA) is 80.9 Å². The zero-order chi connectivity index (χ0) is 7.72. The largest absolute Gasteiger partial charge is 0.389 e. The van der Waals surface area contributed by atoms with Crippen LogP contribution in [0.3, 0.4) is 0 Å². The highest BCUT2D eigenvalue weighted by Crippen LogP contribution is 2.23. The molecule has 0 amide bonds. The van der Waals surface area contributed by atoms with Crippen LogP contribution in [0.4, 0.5) is 0 Å². The Kier molecular flexibility index (Phi) is 2.54. The van der Waals surface area contributed by atoms with Gasteiger partial charge in [-0.2, -0.15) is 0 Å². The summed E-state index contributed by atoms with van der Waals surface area (Å²) >= 11 is 1.03. The van der Waals surface area contributed by atoms with Gasteiger partial charge in [0.05, 0.1) is 6.10 Å². The first kappa shape index (κ1) is 8.29. The van der Waals surface area contributed by atoms with Crippen molar-refractivity contribution in [3.05, 3.63) is 0 Å². The summed E-state index contributed by atoms with van der Waals surface area (Å²) < 4.78 is 0. The molecule has 10 heavy (non-hydrogen) atoms. The first-order chi connectivity index (χ1) is 4.63. The Morgan fingerprint density at radius 1 is 1.00 bits per heavy atom. The van der Waals surface area contributed by atoms with Gasteiger partial charge in [0.2, 0.25) is 0 Å². The van der Waals surface area contributed by atoms with E-state index in [-0.39, 0.29) is 5.75 Å². The van der Waals surface area contributed by atoms with Crippen molar-refractivity contribution in [3.8, 4) is 0 Å². The third kappa shape index (κ3) is 1.43. The van der Waals surface area contributed by atoms with Crippen LogP contribution in [0.25, 0.3) is 0 Å². The fraction of sp³-hybridized carbons (Fsp3) is 1.00. The molecule has 1 fully saturated rings. The number of hydrogen-bond acceptors (Lipinski definition) is 5. The minimum Gasteiger partial charge on any atom is -0.389 e. The van der Waals surface area contributed by atoms with E-state index in [1.165, 1.54) is 0 Å². The molecule has 4 N–H and O–H groups in total. The van der Waals surface area contributed by atoms with Crippen molar-refractivity contribution >= 4 is 11.8 Å². The molecule has 1 rings (SSSR count). The van der Waals surface area contributed by atoms with Crippen LogP contribution in [0.2, 0.25) is 0 Å². The Bertz CT molecular complexity index is 106. The van der Waals surface area contributed by atoms with Crippen molar-refractivity contribution in [2.45, 2.75) is 23.7 Å². The summed E-state index contributed by atoms with van der Waals surface area (Å²) in [7, 11) is 0. The Balaban J connectivity index is 2.52. The molecule has 60 valence electrons. The highest BCUT2D eigenvalue weighted by atomic mass is 32.2. The molecular weight excluding hydrogens is 156 g/mol. The quantitative estimate of drug-likeness (QED) is 0.339. The monoisotopic (exact) mass is 166 g/mol. The van der Waals surface area contributed by atoms with E-state index in [1.54, 1.807) is 0 Å². The van der Waals surface area contributed by atoms with Crippen molar-refractivity contribution in [3.63, 3.8) is 0 Å². The predicted octanol–water partition coefficient (Wildman–Crippen LogP) is -1.87. The molecule has 4 atom stereocenters. The maximum atomic E-state index is 8.94. The maximum absolute atomic E-state index is 8.94. The van der Waals surface area contributed by atoms with E-state index in [9.17, 15) is 0 Å². The van der Waals surface area contributed by atoms with E-state index in [2.05, 4.69) is 0 Å². The SMILES string of the molecule is O[C@H]1[C@H](O)[C@H](O)SC[C@H]1O. The molecule has 1 heterocycles. The van der Waals surface area contributed by atoms with E-state index < -0.39 is 23.7 Å². The lowest BCUT2D eigenvalue weighted by atomic mass is 10.1. The molecule has 1 saturated heterocycles. The van der Waals surface area contributed by atoms with Crippen LogP contribution in [0, 0.1) is 0 Å². The van der Waals surface area contributed by atoms with E-state index in [4.69, 9.17) is 20.4 Å². The molecule has 1 aliphatic rings. The fourth-order valence-corrected chi connectivity index (χ4v) is 1.74. The van der Waals surface area contributed by atoms with Crippen LogP contribution in [-0.4, -0.2) is 49.9 Å². The third-order valence-corrected chi connectivity index (χ3v) is 2.63. The number of aliphatic hydroxyl groups excluding tert-OH is 4. The van der Waals surface area contributed by atoms with Crippen molar-refractivity contribution in [1.82, 2.24) is 0 Å². The van der Waals surface area contributed by atoms with Crippen LogP contribution >= 0.6 is 11.8 Å². The summed E-state index contributed by atoms with van der Waals surface area (Å²) in [6, 6.07) is 0. The van der Waals surface area contributed by atoms with Crippen LogP contribution in [0.1, 0.15) is 0 Å². The van der Waals surface area contributed by atoms with E-state index >= 15 is 0 Å². The summed E-state index contributed by atoms with van der Waals surface area (Å²) in [5.74, 6) is 0.263. The second-order valence-corrected chi connectivity index (χ2v) is 3.42. The molecule has 5 heteroatoms. The predicted molar refractivity (Wildman–Crippen MR) is 36.5 cm³/mol. The van der Waals surface area contributed by atoms with Gasteiger partial charge in [0.25, 0.3) is 0 Å². The van der Waals surface area contributed by atoms with Crippen molar-refractivity contribution in [2.75, 3.05) is 5.75 Å². The lowest BCUT2D eigenvalue weighted by Gasteiger charge is -2.31. The lowest BCUT2D eigenvalue weighted by Crippen LogP contribution is -2.48. The van der Waals surface area contributed by atoms with Gasteiger partial charge in [-0.25, -0.2) is 0 Å². The second-order valence-electron chi connectivity index (χ2n) is 2.27. The molecule has 0 aliphatic carbocycles. The molecule has 0 spiro atoms. The Labute approximate surface area is 62.5 Å². The highest BCUT2D eigenvalue weighted by molar-refractivity contribution is 7.99. The summed E-state index contributed by atoms with van der Waals surface area (Å²) in [6.45, 7) is 0. The molecule has 0 radical (unpaired) electrons. The molecule has 1 aliphatic heterocycles. The summed E-state index contributed by atoms with van der Waals surface area (Å²) in [4.78, 5) is 0. The van der Waals surface area contributed by atoms with Crippen LogP contribution in [0.15, 0.2) is 0 Å². The van der Waals surface area contributed by atoms with Gasteiger partial charge < -0.3 is 20.4 Å². The second kappa shape index (κ2) is 3.06. The zero-order valence-corrected chi connectivity index (χ0v) is 6.03. The number of aliphatic hydroxyl groups is 4. The number of rotatable bonds is 0. The highest BCUT2D eigenvalue weighted by Gasteiger charge is 2.35. The molecule has 0 aromatic heterocycles. The van der Waals surface area contributed by atoms with Crippen molar-refractivity contribution < 1.29 is 20.4 Å². The van der Waals surface area contributed by atoms with Crippen LogP contribution in [-0.2, 0) is 0 Å². The van der Waals surface area contributed by atoms with E-state index in [1.807, 2.05) is 0 Å². The Hall–Kier alpha value is 0.190. The van der Waals surface area contributed by atoms with Crippen LogP contribution in [0.5, 0.6) is 0 Å². The minimum absolute atomic E-state index is 0.263. The minimum atomic E-state index is -1.23. The van der Waals surface area contributed by atoms with Crippen LogP contribution < -0.4 is 0 Å². The average Bonchev–Trinajstić information content (AvgIpc) is 1.93. The fourth-order valence-electron chi connectivity index (χ4n) is 0.791. The molecule has 0 saturated carbocycles. The molecule has 0 aromatic carbocycles. The Morgan fingerprint density at radius 2 is 1.60 bits per heavy atom. The normalized spacial score (nSPS) is 49.2. The van der Waals surface area contributed by atoms with Gasteiger partial charge in [0.15, 0.2) is 0 Å². The zero-order valence-electron chi connectivity index (χ0n) is 5.21. The van der Waals surface area contributed by atoms with Crippen molar-refractivity contribution in [1.29, 1.82) is 0 Å². The first-order valence-electron chi connectivity index (χ1n) is 2.97. The Morgan fingerprint density at radius 3 is 2.10 bits per heavy atom. The molecule has 0 unspecified atom stereocenters. The first-order valence-corrected chi connectivity index (χ1v) is 4.01. The van der Waals surface area contributed by atoms with E-state index in [0.717, 1.165) is 11.8 Å². The molecule has 0 bridgehead atoms. The number of hydrogen-bond donors (Lipinski definition) is 4. The number of thioether (sulfide) groups is 1. The van der Waals surface area contributed by atoms with Gasteiger partial charge in [-0.15, -0.1) is 11.8 Å². The maximum Gasteiger partial charge on any atom is 0.128 e.